The largest absolute Gasteiger partial charge is 0.457 e. The number of esters is 1. The Labute approximate surface area is 158 Å². The van der Waals surface area contributed by atoms with Crippen molar-refractivity contribution in [3.05, 3.63) is 0 Å². The minimum atomic E-state index is -0.957. The fourth-order valence-electron chi connectivity index (χ4n) is 2.69. The number of rotatable bonds is 19. The standard InChI is InChI=1S/C20H40O6/c1-2-3-4-5-6-7-8-9-10-11-12-13-20(24)26-19(15-22)17-25-16-18(23)14-21/h18-19,21-23H,2-17H2,1H3. The van der Waals surface area contributed by atoms with Gasteiger partial charge in [-0.15, -0.1) is 0 Å². The summed E-state index contributed by atoms with van der Waals surface area (Å²) >= 11 is 0. The van der Waals surface area contributed by atoms with E-state index < -0.39 is 12.2 Å². The second-order valence-corrected chi connectivity index (χ2v) is 6.95. The molecule has 0 heterocycles. The number of carbonyl (C=O) groups is 1. The monoisotopic (exact) mass is 376 g/mol. The summed E-state index contributed by atoms with van der Waals surface area (Å²) in [6, 6.07) is 0. The van der Waals surface area contributed by atoms with Crippen molar-refractivity contribution in [3.8, 4) is 0 Å². The predicted molar refractivity (Wildman–Crippen MR) is 102 cm³/mol. The fraction of sp³-hybridized carbons (Fsp3) is 0.950. The van der Waals surface area contributed by atoms with E-state index in [4.69, 9.17) is 19.7 Å². The van der Waals surface area contributed by atoms with Crippen molar-refractivity contribution in [1.82, 2.24) is 0 Å². The van der Waals surface area contributed by atoms with Crippen LogP contribution in [0.5, 0.6) is 0 Å². The van der Waals surface area contributed by atoms with Gasteiger partial charge in [0.15, 0.2) is 0 Å². The molecule has 0 aliphatic carbocycles. The highest BCUT2D eigenvalue weighted by molar-refractivity contribution is 5.69. The van der Waals surface area contributed by atoms with Gasteiger partial charge in [-0.3, -0.25) is 4.79 Å². The summed E-state index contributed by atoms with van der Waals surface area (Å²) in [6.07, 6.45) is 12.2. The lowest BCUT2D eigenvalue weighted by molar-refractivity contribution is -0.155. The second kappa shape index (κ2) is 19.1. The summed E-state index contributed by atoms with van der Waals surface area (Å²) in [4.78, 5) is 11.7. The quantitative estimate of drug-likeness (QED) is 0.237. The SMILES string of the molecule is CCCCCCCCCCCCCC(=O)OC(CO)COCC(O)CO. The second-order valence-electron chi connectivity index (χ2n) is 6.95. The Morgan fingerprint density at radius 2 is 1.35 bits per heavy atom. The van der Waals surface area contributed by atoms with Crippen LogP contribution in [0.4, 0.5) is 0 Å². The average Bonchev–Trinajstić information content (AvgIpc) is 2.65. The van der Waals surface area contributed by atoms with E-state index in [1.54, 1.807) is 0 Å². The summed E-state index contributed by atoms with van der Waals surface area (Å²) < 4.78 is 10.3. The van der Waals surface area contributed by atoms with Crippen LogP contribution in [0, 0.1) is 0 Å². The van der Waals surface area contributed by atoms with Gasteiger partial charge >= 0.3 is 5.97 Å². The summed E-state index contributed by atoms with van der Waals surface area (Å²) in [5, 5.41) is 27.0. The summed E-state index contributed by atoms with van der Waals surface area (Å²) in [7, 11) is 0. The van der Waals surface area contributed by atoms with E-state index in [1.165, 1.54) is 51.4 Å². The molecule has 2 atom stereocenters. The van der Waals surface area contributed by atoms with Crippen molar-refractivity contribution in [1.29, 1.82) is 0 Å². The maximum absolute atomic E-state index is 11.7. The Morgan fingerprint density at radius 1 is 0.808 bits per heavy atom. The van der Waals surface area contributed by atoms with Crippen molar-refractivity contribution in [2.75, 3.05) is 26.4 Å². The van der Waals surface area contributed by atoms with Crippen LogP contribution in [-0.2, 0) is 14.3 Å². The number of hydrogen-bond donors (Lipinski definition) is 3. The maximum atomic E-state index is 11.7. The van der Waals surface area contributed by atoms with Crippen LogP contribution in [-0.4, -0.2) is 59.9 Å². The zero-order chi connectivity index (χ0) is 19.5. The van der Waals surface area contributed by atoms with E-state index in [-0.39, 0.29) is 32.4 Å². The van der Waals surface area contributed by atoms with Gasteiger partial charge in [-0.25, -0.2) is 0 Å². The Balaban J connectivity index is 3.48. The molecule has 0 spiro atoms. The number of ether oxygens (including phenoxy) is 2. The molecule has 6 heteroatoms. The first-order valence-corrected chi connectivity index (χ1v) is 10.3. The number of aliphatic hydroxyl groups excluding tert-OH is 3. The third kappa shape index (κ3) is 16.8. The third-order valence-electron chi connectivity index (χ3n) is 4.31. The van der Waals surface area contributed by atoms with Crippen molar-refractivity contribution in [2.45, 2.75) is 96.2 Å². The zero-order valence-electron chi connectivity index (χ0n) is 16.5. The minimum absolute atomic E-state index is 0.0115. The van der Waals surface area contributed by atoms with Crippen LogP contribution >= 0.6 is 0 Å². The predicted octanol–water partition coefficient (Wildman–Crippen LogP) is 2.96. The molecular weight excluding hydrogens is 336 g/mol. The normalized spacial score (nSPS) is 13.5. The third-order valence-corrected chi connectivity index (χ3v) is 4.31. The topological polar surface area (TPSA) is 96.2 Å². The molecule has 0 aromatic carbocycles. The van der Waals surface area contributed by atoms with Gasteiger partial charge in [0.05, 0.1) is 26.4 Å². The molecule has 0 aliphatic rings. The van der Waals surface area contributed by atoms with E-state index in [0.717, 1.165) is 19.3 Å². The number of unbranched alkanes of at least 4 members (excludes halogenated alkanes) is 10. The molecule has 0 aromatic rings. The van der Waals surface area contributed by atoms with Crippen LogP contribution in [0.25, 0.3) is 0 Å². The molecule has 0 radical (unpaired) electrons. The van der Waals surface area contributed by atoms with Gasteiger partial charge in [0.2, 0.25) is 0 Å². The zero-order valence-corrected chi connectivity index (χ0v) is 16.5. The van der Waals surface area contributed by atoms with E-state index in [9.17, 15) is 9.90 Å². The molecular formula is C20H40O6. The molecule has 0 aliphatic heterocycles. The van der Waals surface area contributed by atoms with Crippen molar-refractivity contribution in [3.63, 3.8) is 0 Å². The first-order chi connectivity index (χ1) is 12.6. The Morgan fingerprint density at radius 3 is 1.85 bits per heavy atom. The van der Waals surface area contributed by atoms with Crippen LogP contribution in [0.3, 0.4) is 0 Å². The smallest absolute Gasteiger partial charge is 0.306 e. The lowest BCUT2D eigenvalue weighted by atomic mass is 10.1. The molecule has 0 bridgehead atoms. The highest BCUT2D eigenvalue weighted by Gasteiger charge is 2.14. The maximum Gasteiger partial charge on any atom is 0.306 e. The lowest BCUT2D eigenvalue weighted by Crippen LogP contribution is -2.29. The fourth-order valence-corrected chi connectivity index (χ4v) is 2.69. The molecule has 0 saturated heterocycles. The highest BCUT2D eigenvalue weighted by Crippen LogP contribution is 2.12. The Hall–Kier alpha value is -0.690. The molecule has 0 fully saturated rings. The van der Waals surface area contributed by atoms with Crippen LogP contribution < -0.4 is 0 Å². The van der Waals surface area contributed by atoms with Gasteiger partial charge in [0.25, 0.3) is 0 Å². The van der Waals surface area contributed by atoms with Crippen LogP contribution in [0.2, 0.25) is 0 Å². The molecule has 26 heavy (non-hydrogen) atoms. The number of aliphatic hydroxyl groups is 3. The summed E-state index contributed by atoms with van der Waals surface area (Å²) in [5.74, 6) is -0.328. The van der Waals surface area contributed by atoms with Gasteiger partial charge in [-0.05, 0) is 6.42 Å². The van der Waals surface area contributed by atoms with Crippen molar-refractivity contribution >= 4 is 5.97 Å². The minimum Gasteiger partial charge on any atom is -0.457 e. The highest BCUT2D eigenvalue weighted by atomic mass is 16.6. The Kier molecular flexibility index (Phi) is 18.6. The van der Waals surface area contributed by atoms with Crippen LogP contribution in [0.1, 0.15) is 84.0 Å². The number of hydrogen-bond acceptors (Lipinski definition) is 6. The summed E-state index contributed by atoms with van der Waals surface area (Å²) in [6.45, 7) is 1.49. The van der Waals surface area contributed by atoms with Gasteiger partial charge in [0, 0.05) is 6.42 Å². The van der Waals surface area contributed by atoms with E-state index in [2.05, 4.69) is 6.92 Å². The molecule has 6 nitrogen and oxygen atoms in total. The first-order valence-electron chi connectivity index (χ1n) is 10.3. The molecule has 0 saturated carbocycles. The molecule has 0 aromatic heterocycles. The van der Waals surface area contributed by atoms with E-state index in [1.807, 2.05) is 0 Å². The van der Waals surface area contributed by atoms with Gasteiger partial charge < -0.3 is 24.8 Å². The first kappa shape index (κ1) is 25.3. The molecule has 0 amide bonds. The summed E-state index contributed by atoms with van der Waals surface area (Å²) in [5.41, 5.74) is 0. The lowest BCUT2D eigenvalue weighted by Gasteiger charge is -2.16. The molecule has 0 rings (SSSR count). The van der Waals surface area contributed by atoms with Gasteiger partial charge in [-0.1, -0.05) is 71.1 Å². The van der Waals surface area contributed by atoms with Gasteiger partial charge in [0.1, 0.15) is 12.2 Å². The van der Waals surface area contributed by atoms with Crippen LogP contribution in [0.15, 0.2) is 0 Å². The molecule has 3 N–H and O–H groups in total. The average molecular weight is 377 g/mol. The van der Waals surface area contributed by atoms with Crippen molar-refractivity contribution in [2.24, 2.45) is 0 Å². The molecule has 156 valence electrons. The van der Waals surface area contributed by atoms with E-state index in [0.29, 0.717) is 6.42 Å². The number of carbonyl (C=O) groups excluding carboxylic acids is 1. The Bertz CT molecular complexity index is 311. The van der Waals surface area contributed by atoms with E-state index >= 15 is 0 Å². The van der Waals surface area contributed by atoms with Crippen molar-refractivity contribution < 1.29 is 29.6 Å². The molecule has 2 unspecified atom stereocenters. The van der Waals surface area contributed by atoms with Gasteiger partial charge in [-0.2, -0.15) is 0 Å².